The number of aryl methyl sites for hydroxylation is 2. The van der Waals surface area contributed by atoms with E-state index in [-0.39, 0.29) is 30.4 Å². The Labute approximate surface area is 166 Å². The van der Waals surface area contributed by atoms with E-state index in [2.05, 4.69) is 18.7 Å². The van der Waals surface area contributed by atoms with Gasteiger partial charge in [0.15, 0.2) is 6.61 Å². The van der Waals surface area contributed by atoms with Gasteiger partial charge >= 0.3 is 0 Å². The molecule has 1 amide bonds. The number of hydrogen-bond donors (Lipinski definition) is 0. The Morgan fingerprint density at radius 1 is 1.07 bits per heavy atom. The molecule has 0 spiro atoms. The van der Waals surface area contributed by atoms with Crippen molar-refractivity contribution in [2.75, 3.05) is 19.7 Å². The largest absolute Gasteiger partial charge is 0.483 e. The van der Waals surface area contributed by atoms with Gasteiger partial charge in [0.05, 0.1) is 0 Å². The lowest BCUT2D eigenvalue weighted by Crippen LogP contribution is -2.58. The van der Waals surface area contributed by atoms with E-state index in [9.17, 15) is 9.18 Å². The first-order valence-corrected chi connectivity index (χ1v) is 9.81. The first kappa shape index (κ1) is 20.3. The van der Waals surface area contributed by atoms with Crippen molar-refractivity contribution in [2.45, 2.75) is 46.3 Å². The van der Waals surface area contributed by atoms with Gasteiger partial charge in [0, 0.05) is 31.7 Å². The molecular weight excluding hydrogens is 355 g/mol. The van der Waals surface area contributed by atoms with E-state index in [0.717, 1.165) is 35.5 Å². The van der Waals surface area contributed by atoms with Crippen molar-refractivity contribution in [1.29, 1.82) is 0 Å². The summed E-state index contributed by atoms with van der Waals surface area (Å²) >= 11 is 0. The summed E-state index contributed by atoms with van der Waals surface area (Å²) < 4.78 is 18.9. The zero-order chi connectivity index (χ0) is 20.3. The molecule has 2 aromatic rings. The SMILES string of the molecule is Cc1ccc(C)c(OCC(=O)N2CC(C)N(Cc3ccc(F)cc3)CC2C)c1. The molecule has 1 fully saturated rings. The summed E-state index contributed by atoms with van der Waals surface area (Å²) in [5, 5.41) is 0. The zero-order valence-electron chi connectivity index (χ0n) is 17.1. The Bertz CT molecular complexity index is 822. The van der Waals surface area contributed by atoms with Crippen LogP contribution in [0.2, 0.25) is 0 Å². The molecule has 1 saturated heterocycles. The van der Waals surface area contributed by atoms with Crippen molar-refractivity contribution in [3.05, 3.63) is 65.0 Å². The van der Waals surface area contributed by atoms with Crippen LogP contribution in [0.15, 0.2) is 42.5 Å². The Morgan fingerprint density at radius 2 is 1.79 bits per heavy atom. The highest BCUT2D eigenvalue weighted by Crippen LogP contribution is 2.21. The molecule has 2 unspecified atom stereocenters. The van der Waals surface area contributed by atoms with Crippen LogP contribution in [-0.4, -0.2) is 47.5 Å². The summed E-state index contributed by atoms with van der Waals surface area (Å²) in [4.78, 5) is 17.0. The summed E-state index contributed by atoms with van der Waals surface area (Å²) in [6.07, 6.45) is 0. The van der Waals surface area contributed by atoms with Gasteiger partial charge < -0.3 is 9.64 Å². The van der Waals surface area contributed by atoms with Crippen LogP contribution in [0.3, 0.4) is 0 Å². The molecule has 28 heavy (non-hydrogen) atoms. The smallest absolute Gasteiger partial charge is 0.260 e. The molecule has 0 bridgehead atoms. The van der Waals surface area contributed by atoms with Gasteiger partial charge in [-0.2, -0.15) is 0 Å². The monoisotopic (exact) mass is 384 g/mol. The van der Waals surface area contributed by atoms with Gasteiger partial charge in [0.1, 0.15) is 11.6 Å². The fourth-order valence-electron chi connectivity index (χ4n) is 3.68. The number of ether oxygens (including phenoxy) is 1. The second-order valence-corrected chi connectivity index (χ2v) is 7.86. The number of nitrogens with zero attached hydrogens (tertiary/aromatic N) is 2. The lowest BCUT2D eigenvalue weighted by molar-refractivity contribution is -0.139. The molecule has 0 aliphatic carbocycles. The summed E-state index contributed by atoms with van der Waals surface area (Å²) in [5.41, 5.74) is 3.23. The highest BCUT2D eigenvalue weighted by atomic mass is 19.1. The number of hydrogen-bond acceptors (Lipinski definition) is 3. The Morgan fingerprint density at radius 3 is 2.50 bits per heavy atom. The summed E-state index contributed by atoms with van der Waals surface area (Å²) in [6, 6.07) is 13.0. The number of halogens is 1. The molecule has 1 aliphatic rings. The van der Waals surface area contributed by atoms with Gasteiger partial charge in [-0.05, 0) is 62.6 Å². The van der Waals surface area contributed by atoms with Crippen molar-refractivity contribution in [3.8, 4) is 5.75 Å². The standard InChI is InChI=1S/C23H29FN2O2/c1-16-5-6-17(2)22(11-16)28-15-23(27)26-13-18(3)25(12-19(26)4)14-20-7-9-21(24)10-8-20/h5-11,18-19H,12-15H2,1-4H3. The third-order valence-electron chi connectivity index (χ3n) is 5.43. The van der Waals surface area contributed by atoms with Crippen molar-refractivity contribution in [1.82, 2.24) is 9.80 Å². The van der Waals surface area contributed by atoms with Crippen LogP contribution in [0.1, 0.15) is 30.5 Å². The number of benzene rings is 2. The Hall–Kier alpha value is -2.40. The van der Waals surface area contributed by atoms with Gasteiger partial charge in [-0.1, -0.05) is 24.3 Å². The van der Waals surface area contributed by atoms with Crippen molar-refractivity contribution in [2.24, 2.45) is 0 Å². The molecule has 4 nitrogen and oxygen atoms in total. The topological polar surface area (TPSA) is 32.8 Å². The number of piperazine rings is 1. The fourth-order valence-corrected chi connectivity index (χ4v) is 3.68. The lowest BCUT2D eigenvalue weighted by atomic mass is 10.1. The molecule has 0 N–H and O–H groups in total. The van der Waals surface area contributed by atoms with Gasteiger partial charge in [-0.3, -0.25) is 9.69 Å². The summed E-state index contributed by atoms with van der Waals surface area (Å²) in [5.74, 6) is 0.565. The molecule has 3 rings (SSSR count). The van der Waals surface area contributed by atoms with Crippen molar-refractivity contribution in [3.63, 3.8) is 0 Å². The molecule has 2 atom stereocenters. The lowest BCUT2D eigenvalue weighted by Gasteiger charge is -2.44. The molecule has 1 heterocycles. The van der Waals surface area contributed by atoms with E-state index >= 15 is 0 Å². The third kappa shape index (κ3) is 4.90. The van der Waals surface area contributed by atoms with E-state index in [1.807, 2.05) is 49.1 Å². The normalized spacial score (nSPS) is 20.2. The van der Waals surface area contributed by atoms with Crippen molar-refractivity contribution >= 4 is 5.91 Å². The van der Waals surface area contributed by atoms with Crippen LogP contribution in [0.5, 0.6) is 5.75 Å². The Kier molecular flexibility index (Phi) is 6.35. The zero-order valence-corrected chi connectivity index (χ0v) is 17.1. The highest BCUT2D eigenvalue weighted by Gasteiger charge is 2.32. The predicted molar refractivity (Wildman–Crippen MR) is 109 cm³/mol. The van der Waals surface area contributed by atoms with Crippen LogP contribution in [0.4, 0.5) is 4.39 Å². The van der Waals surface area contributed by atoms with E-state index < -0.39 is 0 Å². The van der Waals surface area contributed by atoms with Crippen molar-refractivity contribution < 1.29 is 13.9 Å². The van der Waals surface area contributed by atoms with Gasteiger partial charge in [-0.25, -0.2) is 4.39 Å². The Balaban J connectivity index is 1.57. The number of carbonyl (C=O) groups excluding carboxylic acids is 1. The molecule has 2 aromatic carbocycles. The fraction of sp³-hybridized carbons (Fsp3) is 0.435. The average molecular weight is 384 g/mol. The molecule has 150 valence electrons. The maximum Gasteiger partial charge on any atom is 0.260 e. The van der Waals surface area contributed by atoms with Crippen LogP contribution in [-0.2, 0) is 11.3 Å². The second kappa shape index (κ2) is 8.74. The van der Waals surface area contributed by atoms with E-state index in [0.29, 0.717) is 6.54 Å². The second-order valence-electron chi connectivity index (χ2n) is 7.86. The van der Waals surface area contributed by atoms with E-state index in [1.165, 1.54) is 12.1 Å². The van der Waals surface area contributed by atoms with E-state index in [1.54, 1.807) is 0 Å². The third-order valence-corrected chi connectivity index (χ3v) is 5.43. The molecule has 5 heteroatoms. The highest BCUT2D eigenvalue weighted by molar-refractivity contribution is 5.78. The minimum atomic E-state index is -0.218. The van der Waals surface area contributed by atoms with Gasteiger partial charge in [0.25, 0.3) is 5.91 Å². The van der Waals surface area contributed by atoms with E-state index in [4.69, 9.17) is 4.74 Å². The van der Waals surface area contributed by atoms with Crippen LogP contribution in [0.25, 0.3) is 0 Å². The molecule has 0 saturated carbocycles. The minimum Gasteiger partial charge on any atom is -0.483 e. The van der Waals surface area contributed by atoms with Crippen LogP contribution in [0, 0.1) is 19.7 Å². The maximum atomic E-state index is 13.1. The van der Waals surface area contributed by atoms with Crippen LogP contribution < -0.4 is 4.74 Å². The van der Waals surface area contributed by atoms with Gasteiger partial charge in [0.2, 0.25) is 0 Å². The van der Waals surface area contributed by atoms with Crippen LogP contribution >= 0.6 is 0 Å². The predicted octanol–water partition coefficient (Wildman–Crippen LogP) is 3.94. The maximum absolute atomic E-state index is 13.1. The summed E-state index contributed by atoms with van der Waals surface area (Å²) in [7, 11) is 0. The molecule has 0 aromatic heterocycles. The average Bonchev–Trinajstić information content (AvgIpc) is 2.66. The summed E-state index contributed by atoms with van der Waals surface area (Å²) in [6.45, 7) is 10.5. The minimum absolute atomic E-state index is 0.0155. The molecule has 0 radical (unpaired) electrons. The number of carbonyl (C=O) groups is 1. The number of rotatable bonds is 5. The van der Waals surface area contributed by atoms with Gasteiger partial charge in [-0.15, -0.1) is 0 Å². The number of amides is 1. The molecular formula is C23H29FN2O2. The first-order valence-electron chi connectivity index (χ1n) is 9.81. The molecule has 1 aliphatic heterocycles. The first-order chi connectivity index (χ1) is 13.3. The quantitative estimate of drug-likeness (QED) is 0.783.